The molecule has 0 bridgehead atoms. The van der Waals surface area contributed by atoms with Crippen LogP contribution >= 0.6 is 11.6 Å². The second-order valence-electron chi connectivity index (χ2n) is 5.91. The first-order chi connectivity index (χ1) is 12.7. The lowest BCUT2D eigenvalue weighted by atomic mass is 10.1. The summed E-state index contributed by atoms with van der Waals surface area (Å²) >= 11 is 5.92. The predicted molar refractivity (Wildman–Crippen MR) is 103 cm³/mol. The molecular formula is C21H15ClN2O2. The summed E-state index contributed by atoms with van der Waals surface area (Å²) in [6, 6.07) is 18.8. The summed E-state index contributed by atoms with van der Waals surface area (Å²) in [4.78, 5) is 17.1. The first-order valence-corrected chi connectivity index (χ1v) is 8.54. The molecule has 0 radical (unpaired) electrons. The highest BCUT2D eigenvalue weighted by Crippen LogP contribution is 2.23. The van der Waals surface area contributed by atoms with Crippen LogP contribution in [-0.4, -0.2) is 10.9 Å². The number of nitrogens with zero attached hydrogens (tertiary/aromatic N) is 1. The number of fused-ring (bicyclic) bond motifs is 1. The largest absolute Gasteiger partial charge is 0.459 e. The minimum Gasteiger partial charge on any atom is -0.459 e. The van der Waals surface area contributed by atoms with Gasteiger partial charge in [0.25, 0.3) is 5.91 Å². The summed E-state index contributed by atoms with van der Waals surface area (Å²) in [5.41, 5.74) is 3.27. The third-order valence-corrected chi connectivity index (χ3v) is 4.39. The van der Waals surface area contributed by atoms with Gasteiger partial charge in [-0.15, -0.1) is 0 Å². The number of rotatable bonds is 4. The lowest BCUT2D eigenvalue weighted by Gasteiger charge is -2.08. The van der Waals surface area contributed by atoms with E-state index in [2.05, 4.69) is 10.3 Å². The molecule has 5 heteroatoms. The number of amides is 1. The monoisotopic (exact) mass is 362 g/mol. The number of anilines is 1. The molecular weight excluding hydrogens is 348 g/mol. The first-order valence-electron chi connectivity index (χ1n) is 8.16. The van der Waals surface area contributed by atoms with E-state index in [0.717, 1.165) is 22.0 Å². The number of pyridine rings is 1. The molecule has 0 fully saturated rings. The molecule has 0 aliphatic rings. The Morgan fingerprint density at radius 1 is 1.04 bits per heavy atom. The van der Waals surface area contributed by atoms with Gasteiger partial charge in [0.15, 0.2) is 5.76 Å². The van der Waals surface area contributed by atoms with E-state index >= 15 is 0 Å². The number of hydrogen-bond donors (Lipinski definition) is 1. The van der Waals surface area contributed by atoms with Crippen molar-refractivity contribution in [1.29, 1.82) is 0 Å². The van der Waals surface area contributed by atoms with Gasteiger partial charge in [-0.3, -0.25) is 9.78 Å². The molecule has 1 N–H and O–H groups in total. The van der Waals surface area contributed by atoms with Crippen LogP contribution in [0.3, 0.4) is 0 Å². The zero-order valence-electron chi connectivity index (χ0n) is 13.8. The van der Waals surface area contributed by atoms with E-state index in [0.29, 0.717) is 22.9 Å². The lowest BCUT2D eigenvalue weighted by molar-refractivity contribution is 0.0995. The summed E-state index contributed by atoms with van der Waals surface area (Å²) in [5.74, 6) is 0.00463. The molecule has 0 saturated carbocycles. The molecule has 0 atom stereocenters. The zero-order valence-corrected chi connectivity index (χ0v) is 14.5. The number of carbonyl (C=O) groups is 1. The van der Waals surface area contributed by atoms with Gasteiger partial charge in [0.1, 0.15) is 0 Å². The smallest absolute Gasteiger partial charge is 0.291 e. The van der Waals surface area contributed by atoms with Crippen molar-refractivity contribution in [3.63, 3.8) is 0 Å². The average Bonchev–Trinajstić information content (AvgIpc) is 3.12. The van der Waals surface area contributed by atoms with Gasteiger partial charge >= 0.3 is 0 Å². The molecule has 2 aromatic heterocycles. The van der Waals surface area contributed by atoms with Crippen LogP contribution in [0.15, 0.2) is 77.5 Å². The highest BCUT2D eigenvalue weighted by atomic mass is 35.5. The number of benzene rings is 2. The fourth-order valence-electron chi connectivity index (χ4n) is 2.88. The molecule has 0 aliphatic carbocycles. The van der Waals surface area contributed by atoms with Crippen molar-refractivity contribution in [2.24, 2.45) is 0 Å². The minimum absolute atomic E-state index is 0.294. The Hall–Kier alpha value is -3.11. The Bertz CT molecular complexity index is 1070. The van der Waals surface area contributed by atoms with E-state index in [-0.39, 0.29) is 5.91 Å². The molecule has 26 heavy (non-hydrogen) atoms. The lowest BCUT2D eigenvalue weighted by Crippen LogP contribution is -2.13. The van der Waals surface area contributed by atoms with Crippen LogP contribution in [0.2, 0.25) is 5.02 Å². The quantitative estimate of drug-likeness (QED) is 0.534. The van der Waals surface area contributed by atoms with E-state index in [1.165, 1.54) is 6.26 Å². The molecule has 0 unspecified atom stereocenters. The van der Waals surface area contributed by atoms with Gasteiger partial charge < -0.3 is 9.73 Å². The highest BCUT2D eigenvalue weighted by Gasteiger charge is 2.17. The van der Waals surface area contributed by atoms with Crippen LogP contribution in [-0.2, 0) is 6.42 Å². The van der Waals surface area contributed by atoms with E-state index in [1.807, 2.05) is 60.7 Å². The SMILES string of the molecule is O=C(Nc1cccc2cccnc12)c1occc1Cc1ccc(Cl)cc1. The fourth-order valence-corrected chi connectivity index (χ4v) is 3.01. The number of halogens is 1. The maximum atomic E-state index is 12.7. The number of furan rings is 1. The molecule has 0 aliphatic heterocycles. The van der Waals surface area contributed by atoms with Crippen molar-refractivity contribution >= 4 is 34.1 Å². The number of aromatic nitrogens is 1. The summed E-state index contributed by atoms with van der Waals surface area (Å²) in [6.45, 7) is 0. The van der Waals surface area contributed by atoms with Crippen molar-refractivity contribution in [2.75, 3.05) is 5.32 Å². The van der Waals surface area contributed by atoms with Crippen LogP contribution in [0.1, 0.15) is 21.7 Å². The summed E-state index contributed by atoms with van der Waals surface area (Å²) in [6.07, 6.45) is 3.82. The molecule has 0 saturated heterocycles. The number of para-hydroxylation sites is 1. The van der Waals surface area contributed by atoms with Gasteiger partial charge in [0, 0.05) is 28.6 Å². The van der Waals surface area contributed by atoms with Gasteiger partial charge in [0.05, 0.1) is 17.5 Å². The standard InChI is InChI=1S/C21H15ClN2O2/c22-17-8-6-14(7-9-17)13-16-10-12-26-20(16)21(25)24-18-5-1-3-15-4-2-11-23-19(15)18/h1-12H,13H2,(H,24,25). The van der Waals surface area contributed by atoms with Gasteiger partial charge in [0.2, 0.25) is 0 Å². The fraction of sp³-hybridized carbons (Fsp3) is 0.0476. The second-order valence-corrected chi connectivity index (χ2v) is 6.35. The number of hydrogen-bond acceptors (Lipinski definition) is 3. The third-order valence-electron chi connectivity index (χ3n) is 4.14. The van der Waals surface area contributed by atoms with Gasteiger partial charge in [-0.1, -0.05) is 41.9 Å². The normalized spacial score (nSPS) is 10.8. The molecule has 4 aromatic rings. The number of nitrogens with one attached hydrogen (secondary N) is 1. The third kappa shape index (κ3) is 3.32. The molecule has 0 spiro atoms. The number of carbonyl (C=O) groups excluding carboxylic acids is 1. The zero-order chi connectivity index (χ0) is 17.9. The first kappa shape index (κ1) is 16.4. The Morgan fingerprint density at radius 2 is 1.85 bits per heavy atom. The van der Waals surface area contributed by atoms with Crippen LogP contribution in [0.5, 0.6) is 0 Å². The van der Waals surface area contributed by atoms with Crippen molar-refractivity contribution < 1.29 is 9.21 Å². The topological polar surface area (TPSA) is 55.1 Å². The van der Waals surface area contributed by atoms with Crippen molar-refractivity contribution in [2.45, 2.75) is 6.42 Å². The predicted octanol–water partition coefficient (Wildman–Crippen LogP) is 5.32. The van der Waals surface area contributed by atoms with Crippen molar-refractivity contribution in [3.8, 4) is 0 Å². The maximum Gasteiger partial charge on any atom is 0.291 e. The average molecular weight is 363 g/mol. The van der Waals surface area contributed by atoms with Crippen LogP contribution < -0.4 is 5.32 Å². The van der Waals surface area contributed by atoms with Gasteiger partial charge in [-0.2, -0.15) is 0 Å². The second kappa shape index (κ2) is 7.02. The molecule has 128 valence electrons. The van der Waals surface area contributed by atoms with Crippen molar-refractivity contribution in [3.05, 3.63) is 95.0 Å². The molecule has 1 amide bonds. The van der Waals surface area contributed by atoms with E-state index in [1.54, 1.807) is 6.20 Å². The van der Waals surface area contributed by atoms with Crippen LogP contribution in [0, 0.1) is 0 Å². The van der Waals surface area contributed by atoms with Gasteiger partial charge in [-0.25, -0.2) is 0 Å². The van der Waals surface area contributed by atoms with Gasteiger partial charge in [-0.05, 0) is 35.9 Å². The Morgan fingerprint density at radius 3 is 2.69 bits per heavy atom. The maximum absolute atomic E-state index is 12.7. The van der Waals surface area contributed by atoms with E-state index in [4.69, 9.17) is 16.0 Å². The molecule has 4 nitrogen and oxygen atoms in total. The molecule has 4 rings (SSSR count). The van der Waals surface area contributed by atoms with Crippen LogP contribution in [0.25, 0.3) is 10.9 Å². The minimum atomic E-state index is -0.294. The summed E-state index contributed by atoms with van der Waals surface area (Å²) in [7, 11) is 0. The Labute approximate surface area is 155 Å². The molecule has 2 heterocycles. The summed E-state index contributed by atoms with van der Waals surface area (Å²) < 4.78 is 5.45. The van der Waals surface area contributed by atoms with Crippen molar-refractivity contribution in [1.82, 2.24) is 4.98 Å². The Balaban J connectivity index is 1.59. The van der Waals surface area contributed by atoms with Crippen LogP contribution in [0.4, 0.5) is 5.69 Å². The van der Waals surface area contributed by atoms with E-state index in [9.17, 15) is 4.79 Å². The Kier molecular flexibility index (Phi) is 4.42. The molecule has 2 aromatic carbocycles. The summed E-state index contributed by atoms with van der Waals surface area (Å²) in [5, 5.41) is 4.55. The highest BCUT2D eigenvalue weighted by molar-refractivity contribution is 6.30. The van der Waals surface area contributed by atoms with E-state index < -0.39 is 0 Å².